The van der Waals surface area contributed by atoms with Crippen molar-refractivity contribution in [3.63, 3.8) is 0 Å². The molecule has 0 bridgehead atoms. The van der Waals surface area contributed by atoms with Gasteiger partial charge in [-0.1, -0.05) is 12.8 Å². The topological polar surface area (TPSA) is 44.9 Å². The van der Waals surface area contributed by atoms with Crippen molar-refractivity contribution >= 4 is 22.4 Å². The van der Waals surface area contributed by atoms with Crippen molar-refractivity contribution in [3.8, 4) is 17.2 Å². The molecule has 6 heteroatoms. The van der Waals surface area contributed by atoms with Gasteiger partial charge in [0.25, 0.3) is 0 Å². The Morgan fingerprint density at radius 3 is 2.90 bits per heavy atom. The van der Waals surface area contributed by atoms with Crippen LogP contribution in [0.4, 0.5) is 0 Å². The highest BCUT2D eigenvalue weighted by Crippen LogP contribution is 2.35. The van der Waals surface area contributed by atoms with Gasteiger partial charge in [0.05, 0.1) is 36.8 Å². The molecule has 31 heavy (non-hydrogen) atoms. The molecule has 3 heterocycles. The number of aromatic nitrogens is 1. The lowest BCUT2D eigenvalue weighted by molar-refractivity contribution is -0.522. The Balaban J connectivity index is 1.58. The van der Waals surface area contributed by atoms with Crippen LogP contribution < -0.4 is 23.9 Å². The molecule has 2 aliphatic rings. The highest BCUT2D eigenvalue weighted by atomic mass is 35.5. The number of nitrogens with zero attached hydrogens (tertiary/aromatic N) is 1. The Labute approximate surface area is 185 Å². The molecule has 0 fully saturated rings. The SMILES string of the molecule is COc1ccc2cc3[n+](cc2c1OCCCCCCCl)=CCc1cc2c(cc1=3)OC[O+]=2. The van der Waals surface area contributed by atoms with Gasteiger partial charge in [0.2, 0.25) is 11.1 Å². The molecule has 5 nitrogen and oxygen atoms in total. The summed E-state index contributed by atoms with van der Waals surface area (Å²) in [5.41, 5.74) is 2.07. The van der Waals surface area contributed by atoms with Crippen LogP contribution in [-0.2, 0) is 6.42 Å². The summed E-state index contributed by atoms with van der Waals surface area (Å²) in [7, 11) is 1.69. The fraction of sp³-hybridized carbons (Fsp3) is 0.360. The monoisotopic (exact) mass is 439 g/mol. The zero-order chi connectivity index (χ0) is 21.2. The van der Waals surface area contributed by atoms with Crippen LogP contribution in [0.1, 0.15) is 31.2 Å². The lowest BCUT2D eigenvalue weighted by Gasteiger charge is -2.13. The standard InChI is InChI=1S/C25H26ClNO4/c1-28-22-7-6-17-12-21-19-14-24-23(30-16-31-24)13-18(19)8-10-27(21)15-20(17)25(22)29-11-5-3-2-4-9-26/h6-7,10,12-15H,2-5,8-9,11,16H2,1H3/q+2. The Morgan fingerprint density at radius 1 is 1.13 bits per heavy atom. The van der Waals surface area contributed by atoms with E-state index in [-0.39, 0.29) is 6.79 Å². The Bertz CT molecular complexity index is 1350. The number of fused-ring (bicyclic) bond motifs is 4. The number of hydrogen-bond acceptors (Lipinski definition) is 3. The van der Waals surface area contributed by atoms with Crippen molar-refractivity contribution in [2.75, 3.05) is 26.4 Å². The third kappa shape index (κ3) is 3.83. The van der Waals surface area contributed by atoms with Gasteiger partial charge in [-0.2, -0.15) is 4.24 Å². The first kappa shape index (κ1) is 20.1. The molecule has 0 spiro atoms. The second-order valence-electron chi connectivity index (χ2n) is 7.87. The van der Waals surface area contributed by atoms with Crippen molar-refractivity contribution in [1.82, 2.24) is 0 Å². The van der Waals surface area contributed by atoms with Crippen LogP contribution in [0.5, 0.6) is 17.2 Å². The fourth-order valence-corrected chi connectivity index (χ4v) is 4.46. The maximum atomic E-state index is 6.22. The number of unbranched alkanes of at least 4 members (excludes halogenated alkanes) is 3. The minimum Gasteiger partial charge on any atom is -0.493 e. The molecule has 5 rings (SSSR count). The second kappa shape index (κ2) is 8.75. The van der Waals surface area contributed by atoms with E-state index in [4.69, 9.17) is 30.2 Å². The second-order valence-corrected chi connectivity index (χ2v) is 8.24. The van der Waals surface area contributed by atoms with Gasteiger partial charge in [-0.3, -0.25) is 0 Å². The number of benzene rings is 2. The number of hydrogen-bond donors (Lipinski definition) is 0. The molecule has 1 aromatic heterocycles. The largest absolute Gasteiger partial charge is 0.493 e. The van der Waals surface area contributed by atoms with E-state index in [9.17, 15) is 0 Å². The number of halogens is 1. The van der Waals surface area contributed by atoms with Gasteiger partial charge < -0.3 is 14.2 Å². The van der Waals surface area contributed by atoms with Crippen LogP contribution in [-0.4, -0.2) is 26.4 Å². The van der Waals surface area contributed by atoms with Gasteiger partial charge in [0, 0.05) is 18.0 Å². The van der Waals surface area contributed by atoms with E-state index in [1.807, 2.05) is 6.07 Å². The predicted octanol–water partition coefficient (Wildman–Crippen LogP) is 4.13. The first-order chi connectivity index (χ1) is 15.3. The number of ether oxygens (including phenoxy) is 3. The molecular formula is C25H26ClNO4+2. The van der Waals surface area contributed by atoms with Gasteiger partial charge >= 0.3 is 12.2 Å². The molecule has 0 N–H and O–H groups in total. The molecule has 160 valence electrons. The van der Waals surface area contributed by atoms with Crippen LogP contribution in [0.3, 0.4) is 0 Å². The summed E-state index contributed by atoms with van der Waals surface area (Å²) in [4.78, 5) is 0. The number of pyridine rings is 1. The average molecular weight is 440 g/mol. The van der Waals surface area contributed by atoms with Crippen molar-refractivity contribution in [3.05, 3.63) is 68.7 Å². The molecule has 0 radical (unpaired) electrons. The van der Waals surface area contributed by atoms with Gasteiger partial charge in [0.15, 0.2) is 23.9 Å². The molecule has 0 saturated heterocycles. The maximum Gasteiger partial charge on any atom is 0.412 e. The summed E-state index contributed by atoms with van der Waals surface area (Å²) in [6.45, 7) is 0.946. The molecule has 0 atom stereocenters. The van der Waals surface area contributed by atoms with Gasteiger partial charge in [-0.05, 0) is 35.9 Å². The third-order valence-electron chi connectivity index (χ3n) is 5.91. The molecule has 2 aromatic carbocycles. The van der Waals surface area contributed by atoms with Crippen LogP contribution in [0.2, 0.25) is 0 Å². The normalized spacial score (nSPS) is 13.5. The van der Waals surface area contributed by atoms with E-state index in [0.717, 1.165) is 76.8 Å². The zero-order valence-corrected chi connectivity index (χ0v) is 18.4. The summed E-state index contributed by atoms with van der Waals surface area (Å²) in [6.07, 6.45) is 9.47. The molecule has 2 aliphatic heterocycles. The minimum absolute atomic E-state index is 0.284. The molecular weight excluding hydrogens is 414 g/mol. The zero-order valence-electron chi connectivity index (χ0n) is 17.7. The van der Waals surface area contributed by atoms with Crippen LogP contribution in [0, 0.1) is 16.8 Å². The first-order valence-electron chi connectivity index (χ1n) is 10.8. The van der Waals surface area contributed by atoms with E-state index < -0.39 is 0 Å². The van der Waals surface area contributed by atoms with Crippen molar-refractivity contribution < 1.29 is 18.5 Å². The summed E-state index contributed by atoms with van der Waals surface area (Å²) < 4.78 is 25.2. The van der Waals surface area contributed by atoms with E-state index in [2.05, 4.69) is 40.9 Å². The summed E-state index contributed by atoms with van der Waals surface area (Å²) in [6, 6.07) is 10.5. The summed E-state index contributed by atoms with van der Waals surface area (Å²) in [5.74, 6) is 3.09. The quantitative estimate of drug-likeness (QED) is 0.229. The van der Waals surface area contributed by atoms with Crippen molar-refractivity contribution in [1.29, 1.82) is 0 Å². The van der Waals surface area contributed by atoms with E-state index >= 15 is 0 Å². The van der Waals surface area contributed by atoms with Crippen molar-refractivity contribution in [2.24, 2.45) is 0 Å². The van der Waals surface area contributed by atoms with E-state index in [1.165, 1.54) is 10.8 Å². The summed E-state index contributed by atoms with van der Waals surface area (Å²) in [5, 5.41) is 4.46. The molecule has 0 unspecified atom stereocenters. The van der Waals surface area contributed by atoms with Gasteiger partial charge in [-0.25, -0.2) is 4.42 Å². The lowest BCUT2D eigenvalue weighted by Crippen LogP contribution is -2.24. The molecule has 3 aromatic rings. The Kier molecular flexibility index (Phi) is 5.68. The highest BCUT2D eigenvalue weighted by molar-refractivity contribution is 6.17. The highest BCUT2D eigenvalue weighted by Gasteiger charge is 2.22. The van der Waals surface area contributed by atoms with Crippen molar-refractivity contribution in [2.45, 2.75) is 32.1 Å². The molecule has 0 amide bonds. The van der Waals surface area contributed by atoms with Gasteiger partial charge in [0.1, 0.15) is 0 Å². The average Bonchev–Trinajstić information content (AvgIpc) is 3.26. The maximum absolute atomic E-state index is 6.22. The molecule has 0 aliphatic carbocycles. The third-order valence-corrected chi connectivity index (χ3v) is 6.18. The Hall–Kier alpha value is -2.79. The molecule has 0 saturated carbocycles. The fourth-order valence-electron chi connectivity index (χ4n) is 4.27. The lowest BCUT2D eigenvalue weighted by atomic mass is 10.0. The van der Waals surface area contributed by atoms with E-state index in [1.54, 1.807) is 7.11 Å². The number of methoxy groups -OCH3 is 1. The Morgan fingerprint density at radius 2 is 2.03 bits per heavy atom. The van der Waals surface area contributed by atoms with Crippen LogP contribution >= 0.6 is 11.6 Å². The summed E-state index contributed by atoms with van der Waals surface area (Å²) >= 11 is 5.77. The predicted molar refractivity (Wildman–Crippen MR) is 120 cm³/mol. The number of alkyl halides is 1. The first-order valence-corrected chi connectivity index (χ1v) is 11.3. The van der Waals surface area contributed by atoms with Gasteiger partial charge in [-0.15, -0.1) is 11.6 Å². The van der Waals surface area contributed by atoms with Crippen LogP contribution in [0.15, 0.2) is 41.0 Å². The minimum atomic E-state index is 0.284. The van der Waals surface area contributed by atoms with Crippen LogP contribution in [0.25, 0.3) is 10.8 Å². The smallest absolute Gasteiger partial charge is 0.412 e. The number of rotatable bonds is 8. The van der Waals surface area contributed by atoms with E-state index in [0.29, 0.717) is 6.61 Å².